The molecule has 0 bridgehead atoms. The Kier molecular flexibility index (Phi) is 4.61. The van der Waals surface area contributed by atoms with Gasteiger partial charge in [0.25, 0.3) is 0 Å². The Hall–Kier alpha value is -1.45. The fourth-order valence-corrected chi connectivity index (χ4v) is 2.29. The number of nitrogens with zero attached hydrogens (tertiary/aromatic N) is 4. The molecule has 1 rings (SSSR count). The molecule has 0 aliphatic carbocycles. The zero-order chi connectivity index (χ0) is 13.0. The Balaban J connectivity index is 3.62. The van der Waals surface area contributed by atoms with E-state index in [1.807, 2.05) is 27.0 Å². The van der Waals surface area contributed by atoms with Crippen LogP contribution in [0.1, 0.15) is 30.3 Å². The van der Waals surface area contributed by atoms with Gasteiger partial charge in [-0.3, -0.25) is 4.98 Å². The second kappa shape index (κ2) is 5.75. The van der Waals surface area contributed by atoms with Crippen LogP contribution in [0, 0.1) is 13.8 Å². The summed E-state index contributed by atoms with van der Waals surface area (Å²) in [4.78, 5) is 8.37. The first-order chi connectivity index (χ1) is 8.06. The summed E-state index contributed by atoms with van der Waals surface area (Å²) < 4.78 is 0. The van der Waals surface area contributed by atoms with Crippen LogP contribution in [0.5, 0.6) is 0 Å². The predicted molar refractivity (Wildman–Crippen MR) is 73.6 cm³/mol. The lowest BCUT2D eigenvalue weighted by atomic mass is 10.1. The average molecular weight is 248 g/mol. The first-order valence-electron chi connectivity index (χ1n) is 5.35. The lowest BCUT2D eigenvalue weighted by Crippen LogP contribution is -1.98. The van der Waals surface area contributed by atoms with Gasteiger partial charge < -0.3 is 0 Å². The zero-order valence-electron chi connectivity index (χ0n) is 10.6. The van der Waals surface area contributed by atoms with Crippen LogP contribution in [-0.4, -0.2) is 11.2 Å². The maximum atomic E-state index is 8.65. The normalized spacial score (nSPS) is 9.88. The van der Waals surface area contributed by atoms with Gasteiger partial charge in [0.05, 0.1) is 11.4 Å². The van der Waals surface area contributed by atoms with Gasteiger partial charge in [0.1, 0.15) is 0 Å². The molecule has 1 heterocycles. The van der Waals surface area contributed by atoms with Crippen LogP contribution in [-0.2, 0) is 0 Å². The SMILES string of the molecule is C=C(CC)c1nc(C)c(C)c(N=[N+]=[N-])c1SC. The summed E-state index contributed by atoms with van der Waals surface area (Å²) >= 11 is 1.54. The second-order valence-electron chi connectivity index (χ2n) is 3.70. The van der Waals surface area contributed by atoms with Crippen molar-refractivity contribution in [2.24, 2.45) is 5.11 Å². The van der Waals surface area contributed by atoms with Crippen LogP contribution in [0.3, 0.4) is 0 Å². The molecule has 0 atom stereocenters. The molecule has 0 radical (unpaired) electrons. The van der Waals surface area contributed by atoms with E-state index in [2.05, 4.69) is 21.6 Å². The van der Waals surface area contributed by atoms with Gasteiger partial charge in [-0.1, -0.05) is 18.6 Å². The molecular formula is C12H16N4S. The molecule has 0 saturated heterocycles. The van der Waals surface area contributed by atoms with Crippen molar-refractivity contribution in [3.05, 3.63) is 34.0 Å². The van der Waals surface area contributed by atoms with Crippen molar-refractivity contribution >= 4 is 23.0 Å². The van der Waals surface area contributed by atoms with E-state index in [0.717, 1.165) is 33.8 Å². The number of rotatable bonds is 4. The quantitative estimate of drug-likeness (QED) is 0.333. The monoisotopic (exact) mass is 248 g/mol. The van der Waals surface area contributed by atoms with Crippen molar-refractivity contribution in [2.75, 3.05) is 6.26 Å². The van der Waals surface area contributed by atoms with E-state index in [0.29, 0.717) is 5.69 Å². The Labute approximate surface area is 106 Å². The summed E-state index contributed by atoms with van der Waals surface area (Å²) in [6, 6.07) is 0. The van der Waals surface area contributed by atoms with Gasteiger partial charge in [-0.05, 0) is 43.2 Å². The van der Waals surface area contributed by atoms with Crippen molar-refractivity contribution in [3.63, 3.8) is 0 Å². The number of thioether (sulfide) groups is 1. The topological polar surface area (TPSA) is 61.7 Å². The van der Waals surface area contributed by atoms with E-state index in [1.54, 1.807) is 11.8 Å². The van der Waals surface area contributed by atoms with Gasteiger partial charge in [-0.2, -0.15) is 0 Å². The number of azide groups is 1. The molecule has 0 fully saturated rings. The standard InChI is InChI=1S/C12H16N4S/c1-6-7(2)10-12(17-5)11(15-16-13)8(3)9(4)14-10/h2,6H2,1,3-5H3. The largest absolute Gasteiger partial charge is 0.252 e. The Bertz CT molecular complexity index is 502. The van der Waals surface area contributed by atoms with Crippen LogP contribution in [0.2, 0.25) is 0 Å². The van der Waals surface area contributed by atoms with E-state index in [1.165, 1.54) is 0 Å². The highest BCUT2D eigenvalue weighted by atomic mass is 32.2. The fourth-order valence-electron chi connectivity index (χ4n) is 1.52. The summed E-state index contributed by atoms with van der Waals surface area (Å²) in [5.74, 6) is 0. The molecule has 90 valence electrons. The smallest absolute Gasteiger partial charge is 0.0799 e. The first-order valence-corrected chi connectivity index (χ1v) is 6.57. The molecule has 0 saturated carbocycles. The van der Waals surface area contributed by atoms with Crippen LogP contribution < -0.4 is 0 Å². The highest BCUT2D eigenvalue weighted by Gasteiger charge is 2.15. The van der Waals surface area contributed by atoms with Crippen LogP contribution in [0.25, 0.3) is 16.0 Å². The number of aryl methyl sites for hydroxylation is 1. The molecule has 0 aliphatic rings. The Morgan fingerprint density at radius 2 is 2.18 bits per heavy atom. The summed E-state index contributed by atoms with van der Waals surface area (Å²) in [6.07, 6.45) is 2.79. The Morgan fingerprint density at radius 1 is 1.53 bits per heavy atom. The number of pyridine rings is 1. The average Bonchev–Trinajstić information content (AvgIpc) is 2.33. The summed E-state index contributed by atoms with van der Waals surface area (Å²) in [5, 5.41) is 3.79. The minimum atomic E-state index is 0.678. The molecule has 17 heavy (non-hydrogen) atoms. The first kappa shape index (κ1) is 13.6. The molecule has 0 amide bonds. The number of allylic oxidation sites excluding steroid dienone is 1. The van der Waals surface area contributed by atoms with Gasteiger partial charge in [0.2, 0.25) is 0 Å². The molecule has 0 N–H and O–H groups in total. The third kappa shape index (κ3) is 2.62. The minimum Gasteiger partial charge on any atom is -0.252 e. The van der Waals surface area contributed by atoms with Gasteiger partial charge >= 0.3 is 0 Å². The van der Waals surface area contributed by atoms with Crippen LogP contribution >= 0.6 is 11.8 Å². The fraction of sp³-hybridized carbons (Fsp3) is 0.417. The van der Waals surface area contributed by atoms with Gasteiger partial charge in [0.15, 0.2) is 0 Å². The van der Waals surface area contributed by atoms with E-state index >= 15 is 0 Å². The summed E-state index contributed by atoms with van der Waals surface area (Å²) in [6.45, 7) is 9.89. The van der Waals surface area contributed by atoms with Gasteiger partial charge in [-0.25, -0.2) is 0 Å². The maximum absolute atomic E-state index is 8.65. The molecule has 0 unspecified atom stereocenters. The maximum Gasteiger partial charge on any atom is 0.0799 e. The van der Waals surface area contributed by atoms with E-state index in [-0.39, 0.29) is 0 Å². The predicted octanol–water partition coefficient (Wildman–Crippen LogP) is 4.79. The molecule has 4 nitrogen and oxygen atoms in total. The van der Waals surface area contributed by atoms with E-state index < -0.39 is 0 Å². The number of hydrogen-bond donors (Lipinski definition) is 0. The third-order valence-corrected chi connectivity index (χ3v) is 3.51. The zero-order valence-corrected chi connectivity index (χ0v) is 11.4. The van der Waals surface area contributed by atoms with Crippen molar-refractivity contribution in [3.8, 4) is 0 Å². The summed E-state index contributed by atoms with van der Waals surface area (Å²) in [5.41, 5.74) is 13.0. The van der Waals surface area contributed by atoms with E-state index in [4.69, 9.17) is 5.53 Å². The highest BCUT2D eigenvalue weighted by Crippen LogP contribution is 2.38. The molecule has 5 heteroatoms. The highest BCUT2D eigenvalue weighted by molar-refractivity contribution is 7.98. The van der Waals surface area contributed by atoms with Gasteiger partial charge in [-0.15, -0.1) is 11.8 Å². The van der Waals surface area contributed by atoms with Crippen molar-refractivity contribution in [2.45, 2.75) is 32.1 Å². The Morgan fingerprint density at radius 3 is 2.65 bits per heavy atom. The molecule has 1 aromatic rings. The molecule has 0 spiro atoms. The number of hydrogen-bond acceptors (Lipinski definition) is 3. The van der Waals surface area contributed by atoms with Crippen molar-refractivity contribution in [1.29, 1.82) is 0 Å². The molecule has 0 aromatic carbocycles. The van der Waals surface area contributed by atoms with Crippen LogP contribution in [0.15, 0.2) is 16.6 Å². The van der Waals surface area contributed by atoms with Crippen molar-refractivity contribution in [1.82, 2.24) is 4.98 Å². The lowest BCUT2D eigenvalue weighted by molar-refractivity contribution is 1.04. The second-order valence-corrected chi connectivity index (χ2v) is 4.52. The van der Waals surface area contributed by atoms with Crippen molar-refractivity contribution < 1.29 is 0 Å². The lowest BCUT2D eigenvalue weighted by Gasteiger charge is -2.14. The molecular weight excluding hydrogens is 232 g/mol. The minimum absolute atomic E-state index is 0.678. The third-order valence-electron chi connectivity index (χ3n) is 2.72. The van der Waals surface area contributed by atoms with E-state index in [9.17, 15) is 0 Å². The van der Waals surface area contributed by atoms with Gasteiger partial charge in [0, 0.05) is 15.5 Å². The van der Waals surface area contributed by atoms with Crippen LogP contribution in [0.4, 0.5) is 5.69 Å². The number of aromatic nitrogens is 1. The molecule has 0 aliphatic heterocycles. The molecule has 1 aromatic heterocycles. The summed E-state index contributed by atoms with van der Waals surface area (Å²) in [7, 11) is 0.